The molecule has 21 heavy (non-hydrogen) atoms. The van der Waals surface area contributed by atoms with E-state index in [1.54, 1.807) is 26.5 Å². The molecule has 1 aromatic heterocycles. The van der Waals surface area contributed by atoms with Crippen molar-refractivity contribution in [2.24, 2.45) is 0 Å². The lowest BCUT2D eigenvalue weighted by molar-refractivity contribution is 0.284. The van der Waals surface area contributed by atoms with E-state index in [4.69, 9.17) is 19.3 Å². The van der Waals surface area contributed by atoms with Crippen molar-refractivity contribution < 1.29 is 19.3 Å². The predicted molar refractivity (Wildman–Crippen MR) is 78.9 cm³/mol. The van der Waals surface area contributed by atoms with Crippen molar-refractivity contribution in [3.63, 3.8) is 0 Å². The molecule has 1 N–H and O–H groups in total. The molecular formula is C16H19NO4. The largest absolute Gasteiger partial charge is 0.493 e. The van der Waals surface area contributed by atoms with Crippen molar-refractivity contribution in [2.45, 2.75) is 13.0 Å². The average molecular weight is 289 g/mol. The number of hydrogen-bond acceptors (Lipinski definition) is 5. The Morgan fingerprint density at radius 1 is 1.05 bits per heavy atom. The fourth-order valence-electron chi connectivity index (χ4n) is 1.99. The van der Waals surface area contributed by atoms with E-state index in [1.165, 1.54) is 0 Å². The summed E-state index contributed by atoms with van der Waals surface area (Å²) in [4.78, 5) is 4.26. The van der Waals surface area contributed by atoms with Crippen LogP contribution in [0, 0.1) is 0 Å². The molecule has 2 aromatic rings. The van der Waals surface area contributed by atoms with Crippen molar-refractivity contribution in [2.75, 3.05) is 20.8 Å². The number of ether oxygens (including phenoxy) is 3. The van der Waals surface area contributed by atoms with Crippen LogP contribution < -0.4 is 14.2 Å². The fraction of sp³-hybridized carbons (Fsp3) is 0.312. The number of pyridine rings is 1. The summed E-state index contributed by atoms with van der Waals surface area (Å²) in [6, 6.07) is 9.35. The molecule has 0 spiro atoms. The van der Waals surface area contributed by atoms with Crippen LogP contribution in [0.2, 0.25) is 0 Å². The van der Waals surface area contributed by atoms with Crippen molar-refractivity contribution in [3.05, 3.63) is 47.8 Å². The molecule has 0 bridgehead atoms. The Hall–Kier alpha value is -2.27. The first-order valence-corrected chi connectivity index (χ1v) is 6.67. The zero-order valence-electron chi connectivity index (χ0n) is 12.2. The lowest BCUT2D eigenvalue weighted by Crippen LogP contribution is -2.03. The number of methoxy groups -OCH3 is 2. The molecule has 0 aliphatic heterocycles. The number of aliphatic hydroxyl groups is 1. The molecule has 1 aromatic carbocycles. The number of aromatic nitrogens is 1. The van der Waals surface area contributed by atoms with Gasteiger partial charge in [0.25, 0.3) is 0 Å². The molecule has 112 valence electrons. The van der Waals surface area contributed by atoms with Crippen LogP contribution in [-0.2, 0) is 13.0 Å². The van der Waals surface area contributed by atoms with Gasteiger partial charge in [0.15, 0.2) is 11.5 Å². The first kappa shape index (κ1) is 15.1. The highest BCUT2D eigenvalue weighted by atomic mass is 16.5. The lowest BCUT2D eigenvalue weighted by atomic mass is 10.1. The van der Waals surface area contributed by atoms with Crippen molar-refractivity contribution >= 4 is 0 Å². The SMILES string of the molecule is COc1ccnc(COc2ccc(CCO)cc2)c1OC. The lowest BCUT2D eigenvalue weighted by Gasteiger charge is -2.12. The van der Waals surface area contributed by atoms with Crippen LogP contribution in [0.4, 0.5) is 0 Å². The Kier molecular flexibility index (Phi) is 5.40. The van der Waals surface area contributed by atoms with E-state index in [9.17, 15) is 0 Å². The summed E-state index contributed by atoms with van der Waals surface area (Å²) in [5.41, 5.74) is 1.75. The summed E-state index contributed by atoms with van der Waals surface area (Å²) < 4.78 is 16.2. The Morgan fingerprint density at radius 2 is 1.81 bits per heavy atom. The molecule has 0 unspecified atom stereocenters. The van der Waals surface area contributed by atoms with Crippen LogP contribution in [0.25, 0.3) is 0 Å². The van der Waals surface area contributed by atoms with E-state index in [-0.39, 0.29) is 6.61 Å². The quantitative estimate of drug-likeness (QED) is 0.847. The average Bonchev–Trinajstić information content (AvgIpc) is 2.54. The van der Waals surface area contributed by atoms with Gasteiger partial charge in [0, 0.05) is 18.9 Å². The molecule has 0 amide bonds. The van der Waals surface area contributed by atoms with Crippen LogP contribution in [0.5, 0.6) is 17.2 Å². The highest BCUT2D eigenvalue weighted by molar-refractivity contribution is 5.42. The van der Waals surface area contributed by atoms with Crippen LogP contribution in [-0.4, -0.2) is 30.9 Å². The molecule has 0 saturated heterocycles. The minimum absolute atomic E-state index is 0.144. The maximum atomic E-state index is 8.88. The number of hydrogen-bond donors (Lipinski definition) is 1. The predicted octanol–water partition coefficient (Wildman–Crippen LogP) is 2.21. The Balaban J connectivity index is 2.05. The minimum atomic E-state index is 0.144. The summed E-state index contributed by atoms with van der Waals surface area (Å²) in [6.07, 6.45) is 2.30. The molecule has 2 rings (SSSR count). The van der Waals surface area contributed by atoms with Crippen molar-refractivity contribution in [1.29, 1.82) is 0 Å². The molecule has 0 fully saturated rings. The van der Waals surface area contributed by atoms with E-state index < -0.39 is 0 Å². The van der Waals surface area contributed by atoms with Gasteiger partial charge in [-0.15, -0.1) is 0 Å². The molecule has 0 aliphatic rings. The topological polar surface area (TPSA) is 60.8 Å². The Morgan fingerprint density at radius 3 is 2.43 bits per heavy atom. The minimum Gasteiger partial charge on any atom is -0.493 e. The Bertz CT molecular complexity index is 569. The smallest absolute Gasteiger partial charge is 0.185 e. The first-order valence-electron chi connectivity index (χ1n) is 6.67. The van der Waals surface area contributed by atoms with Gasteiger partial charge in [-0.05, 0) is 24.1 Å². The standard InChI is InChI=1S/C16H19NO4/c1-19-15-7-9-17-14(16(15)20-2)11-21-13-5-3-12(4-6-13)8-10-18/h3-7,9,18H,8,10-11H2,1-2H3. The maximum Gasteiger partial charge on any atom is 0.185 e. The first-order chi connectivity index (χ1) is 10.3. The highest BCUT2D eigenvalue weighted by Gasteiger charge is 2.11. The van der Waals surface area contributed by atoms with Gasteiger partial charge in [-0.3, -0.25) is 4.98 Å². The summed E-state index contributed by atoms with van der Waals surface area (Å²) in [5.74, 6) is 1.95. The van der Waals surface area contributed by atoms with Gasteiger partial charge in [0.05, 0.1) is 14.2 Å². The molecule has 0 saturated carbocycles. The molecule has 0 aliphatic carbocycles. The monoisotopic (exact) mass is 289 g/mol. The second-order valence-corrected chi connectivity index (χ2v) is 4.40. The van der Waals surface area contributed by atoms with Gasteiger partial charge in [0.2, 0.25) is 0 Å². The summed E-state index contributed by atoms with van der Waals surface area (Å²) in [5, 5.41) is 8.88. The normalized spacial score (nSPS) is 10.2. The third-order valence-electron chi connectivity index (χ3n) is 3.07. The van der Waals surface area contributed by atoms with E-state index in [2.05, 4.69) is 4.98 Å². The molecule has 0 atom stereocenters. The Labute approximate surface area is 124 Å². The summed E-state index contributed by atoms with van der Waals surface area (Å²) >= 11 is 0. The highest BCUT2D eigenvalue weighted by Crippen LogP contribution is 2.29. The van der Waals surface area contributed by atoms with Crippen molar-refractivity contribution in [1.82, 2.24) is 4.98 Å². The van der Waals surface area contributed by atoms with Crippen LogP contribution in [0.3, 0.4) is 0 Å². The van der Waals surface area contributed by atoms with Crippen LogP contribution in [0.1, 0.15) is 11.3 Å². The van der Waals surface area contributed by atoms with Crippen LogP contribution in [0.15, 0.2) is 36.5 Å². The molecule has 5 nitrogen and oxygen atoms in total. The molecule has 0 radical (unpaired) electrons. The van der Waals surface area contributed by atoms with Crippen molar-refractivity contribution in [3.8, 4) is 17.2 Å². The van der Waals surface area contributed by atoms with E-state index >= 15 is 0 Å². The van der Waals surface area contributed by atoms with E-state index in [0.717, 1.165) is 11.3 Å². The fourth-order valence-corrected chi connectivity index (χ4v) is 1.99. The van der Waals surface area contributed by atoms with Gasteiger partial charge >= 0.3 is 0 Å². The van der Waals surface area contributed by atoms with E-state index in [0.29, 0.717) is 30.2 Å². The van der Waals surface area contributed by atoms with Gasteiger partial charge in [0.1, 0.15) is 18.1 Å². The maximum absolute atomic E-state index is 8.88. The summed E-state index contributed by atoms with van der Waals surface area (Å²) in [6.45, 7) is 0.435. The van der Waals surface area contributed by atoms with Gasteiger partial charge in [-0.25, -0.2) is 0 Å². The molecular weight excluding hydrogens is 270 g/mol. The van der Waals surface area contributed by atoms with Gasteiger partial charge < -0.3 is 19.3 Å². The molecule has 5 heteroatoms. The zero-order chi connectivity index (χ0) is 15.1. The number of benzene rings is 1. The van der Waals surface area contributed by atoms with Crippen LogP contribution >= 0.6 is 0 Å². The third kappa shape index (κ3) is 3.86. The summed E-state index contributed by atoms with van der Waals surface area (Å²) in [7, 11) is 3.16. The number of nitrogens with zero attached hydrogens (tertiary/aromatic N) is 1. The second kappa shape index (κ2) is 7.50. The number of aliphatic hydroxyl groups excluding tert-OH is 1. The third-order valence-corrected chi connectivity index (χ3v) is 3.07. The van der Waals surface area contributed by atoms with Gasteiger partial charge in [-0.2, -0.15) is 0 Å². The molecule has 1 heterocycles. The zero-order valence-corrected chi connectivity index (χ0v) is 12.2. The van der Waals surface area contributed by atoms with Gasteiger partial charge in [-0.1, -0.05) is 12.1 Å². The van der Waals surface area contributed by atoms with E-state index in [1.807, 2.05) is 24.3 Å². The second-order valence-electron chi connectivity index (χ2n) is 4.40. The number of rotatable bonds is 7.